The van der Waals surface area contributed by atoms with Gasteiger partial charge in [0.15, 0.2) is 6.10 Å². The Labute approximate surface area is 416 Å². The summed E-state index contributed by atoms with van der Waals surface area (Å²) >= 11 is 0. The number of nitrogens with zero attached hydrogens (tertiary/aromatic N) is 1. The zero-order valence-electron chi connectivity index (χ0n) is 43.5. The highest BCUT2D eigenvalue weighted by Gasteiger charge is 2.27. The van der Waals surface area contributed by atoms with E-state index < -0.39 is 26.5 Å². The number of hydrogen-bond donors (Lipinski definition) is 1. The largest absolute Gasteiger partial charge is 0.472 e. The molecule has 68 heavy (non-hydrogen) atoms. The minimum Gasteiger partial charge on any atom is -0.462 e. The monoisotopic (exact) mass is 967 g/mol. The lowest BCUT2D eigenvalue weighted by Crippen LogP contribution is -2.37. The summed E-state index contributed by atoms with van der Waals surface area (Å²) in [6.07, 6.45) is 68.5. The van der Waals surface area contributed by atoms with Crippen LogP contribution in [-0.2, 0) is 32.7 Å². The first-order chi connectivity index (χ1) is 33.0. The maximum Gasteiger partial charge on any atom is 0.472 e. The third-order valence-electron chi connectivity index (χ3n) is 10.5. The molecule has 0 heterocycles. The van der Waals surface area contributed by atoms with Crippen LogP contribution in [-0.4, -0.2) is 74.9 Å². The number of likely N-dealkylation sites (N-methyl/N-ethyl adjacent to an activating group) is 1. The molecular weight excluding hydrogens is 870 g/mol. The molecule has 0 aromatic carbocycles. The van der Waals surface area contributed by atoms with Gasteiger partial charge in [-0.1, -0.05) is 200 Å². The van der Waals surface area contributed by atoms with Crippen molar-refractivity contribution in [2.75, 3.05) is 47.5 Å². The first-order valence-corrected chi connectivity index (χ1v) is 27.8. The van der Waals surface area contributed by atoms with E-state index in [1.165, 1.54) is 38.5 Å². The average molecular weight is 967 g/mol. The van der Waals surface area contributed by atoms with Crippen LogP contribution in [0.5, 0.6) is 0 Å². The lowest BCUT2D eigenvalue weighted by molar-refractivity contribution is -0.870. The molecule has 9 nitrogen and oxygen atoms in total. The number of unbranched alkanes of at least 4 members (excludes halogenated alkanes) is 12. The topological polar surface area (TPSA) is 108 Å². The van der Waals surface area contributed by atoms with Crippen LogP contribution in [0.2, 0.25) is 0 Å². The van der Waals surface area contributed by atoms with Crippen LogP contribution < -0.4 is 0 Å². The van der Waals surface area contributed by atoms with Crippen molar-refractivity contribution >= 4 is 19.8 Å². The summed E-state index contributed by atoms with van der Waals surface area (Å²) in [6, 6.07) is 0. The predicted octanol–water partition coefficient (Wildman–Crippen LogP) is 16.0. The van der Waals surface area contributed by atoms with Gasteiger partial charge in [-0.2, -0.15) is 0 Å². The Bertz CT molecular complexity index is 1560. The van der Waals surface area contributed by atoms with E-state index in [-0.39, 0.29) is 32.0 Å². The van der Waals surface area contributed by atoms with Gasteiger partial charge in [0.2, 0.25) is 0 Å². The Kier molecular flexibility index (Phi) is 45.9. The van der Waals surface area contributed by atoms with Gasteiger partial charge in [-0.25, -0.2) is 4.57 Å². The molecule has 0 aromatic heterocycles. The highest BCUT2D eigenvalue weighted by atomic mass is 31.2. The number of phosphoric ester groups is 1. The van der Waals surface area contributed by atoms with Gasteiger partial charge < -0.3 is 18.9 Å². The normalized spacial score (nSPS) is 14.4. The number of quaternary nitrogens is 1. The summed E-state index contributed by atoms with van der Waals surface area (Å²) < 4.78 is 34.3. The molecule has 0 spiro atoms. The highest BCUT2D eigenvalue weighted by molar-refractivity contribution is 7.47. The van der Waals surface area contributed by atoms with Crippen LogP contribution in [0.15, 0.2) is 122 Å². The van der Waals surface area contributed by atoms with Gasteiger partial charge in [-0.15, -0.1) is 0 Å². The van der Waals surface area contributed by atoms with Gasteiger partial charge in [0.05, 0.1) is 27.7 Å². The van der Waals surface area contributed by atoms with Crippen molar-refractivity contribution in [1.29, 1.82) is 0 Å². The molecule has 0 aromatic rings. The molecule has 0 bridgehead atoms. The zero-order chi connectivity index (χ0) is 49.9. The van der Waals surface area contributed by atoms with Crippen LogP contribution in [0.25, 0.3) is 0 Å². The Hall–Kier alpha value is -3.59. The number of esters is 2. The molecule has 10 heteroatoms. The number of carbonyl (C=O) groups excluding carboxylic acids is 2. The van der Waals surface area contributed by atoms with Crippen molar-refractivity contribution in [1.82, 2.24) is 0 Å². The van der Waals surface area contributed by atoms with Crippen LogP contribution in [0.3, 0.4) is 0 Å². The standard InChI is InChI=1S/C58H96NO8P/c1-6-8-10-12-14-16-17-18-19-20-21-22-23-24-25-26-27-28-29-30-31-32-33-34-35-36-37-38-39-40-41-43-45-47-49-51-58(61)67-56(55-66-68(62,63)65-53-52-59(3,4)5)54-64-57(60)50-48-46-44-42-15-13-11-9-7-2/h8,10,14,16,18-19,21-22,24-25,27-28,30-31,33-34,36-37,39-40,56H,6-7,9,11-13,15,17,20,23,26,29,32,35,38,41-55H2,1-5H3/p+1/b10-8-,16-14-,19-18-,22-21-,25-24-,28-27-,31-30-,34-33-,37-36-,40-39-. The summed E-state index contributed by atoms with van der Waals surface area (Å²) in [4.78, 5) is 35.4. The molecule has 0 saturated heterocycles. The summed E-state index contributed by atoms with van der Waals surface area (Å²) in [7, 11) is 1.44. The van der Waals surface area contributed by atoms with Gasteiger partial charge in [0.25, 0.3) is 0 Å². The molecule has 2 atom stereocenters. The third-order valence-corrected chi connectivity index (χ3v) is 11.5. The second-order valence-electron chi connectivity index (χ2n) is 18.2. The van der Waals surface area contributed by atoms with Crippen molar-refractivity contribution in [2.24, 2.45) is 0 Å². The van der Waals surface area contributed by atoms with Crippen molar-refractivity contribution in [3.63, 3.8) is 0 Å². The second-order valence-corrected chi connectivity index (χ2v) is 19.6. The van der Waals surface area contributed by atoms with E-state index in [1.54, 1.807) is 0 Å². The summed E-state index contributed by atoms with van der Waals surface area (Å²) in [6.45, 7) is 4.23. The molecule has 0 aliphatic carbocycles. The second kappa shape index (κ2) is 48.4. The van der Waals surface area contributed by atoms with E-state index in [1.807, 2.05) is 21.1 Å². The van der Waals surface area contributed by atoms with E-state index in [2.05, 4.69) is 135 Å². The molecule has 0 amide bonds. The minimum absolute atomic E-state index is 0.0207. The quantitative estimate of drug-likeness (QED) is 0.0211. The lowest BCUT2D eigenvalue weighted by Gasteiger charge is -2.24. The Balaban J connectivity index is 4.20. The van der Waals surface area contributed by atoms with Crippen LogP contribution in [0, 0.1) is 0 Å². The molecule has 0 fully saturated rings. The van der Waals surface area contributed by atoms with Crippen LogP contribution >= 0.6 is 7.82 Å². The molecule has 1 N–H and O–H groups in total. The van der Waals surface area contributed by atoms with Crippen molar-refractivity contribution < 1.29 is 42.1 Å². The SMILES string of the molecule is CC/C=C\C/C=C\C/C=C\C/C=C\C/C=C\C/C=C\C/C=C\C/C=C\C/C=C\C/C=C\CCCCCCC(=O)OC(COC(=O)CCCCCCCCCCC)COP(=O)(O)OCC[N+](C)(C)C. The Morgan fingerprint density at radius 3 is 1.25 bits per heavy atom. The van der Waals surface area contributed by atoms with E-state index in [0.717, 1.165) is 109 Å². The van der Waals surface area contributed by atoms with E-state index >= 15 is 0 Å². The number of phosphoric acid groups is 1. The van der Waals surface area contributed by atoms with Crippen LogP contribution in [0.1, 0.15) is 181 Å². The summed E-state index contributed by atoms with van der Waals surface area (Å²) in [5, 5.41) is 0. The maximum absolute atomic E-state index is 12.7. The molecule has 2 unspecified atom stereocenters. The van der Waals surface area contributed by atoms with Crippen molar-refractivity contribution in [3.8, 4) is 0 Å². The fraction of sp³-hybridized carbons (Fsp3) is 0.621. The van der Waals surface area contributed by atoms with Crippen molar-refractivity contribution in [2.45, 2.75) is 187 Å². The first-order valence-electron chi connectivity index (χ1n) is 26.3. The van der Waals surface area contributed by atoms with Gasteiger partial charge in [0, 0.05) is 12.8 Å². The molecule has 0 saturated carbocycles. The molecule has 386 valence electrons. The summed E-state index contributed by atoms with van der Waals surface area (Å²) in [5.74, 6) is -0.840. The molecule has 0 aliphatic rings. The highest BCUT2D eigenvalue weighted by Crippen LogP contribution is 2.43. The van der Waals surface area contributed by atoms with Crippen molar-refractivity contribution in [3.05, 3.63) is 122 Å². The van der Waals surface area contributed by atoms with Gasteiger partial charge in [-0.3, -0.25) is 18.6 Å². The first kappa shape index (κ1) is 64.4. The summed E-state index contributed by atoms with van der Waals surface area (Å²) in [5.41, 5.74) is 0. The third kappa shape index (κ3) is 51.8. The Morgan fingerprint density at radius 2 is 0.838 bits per heavy atom. The minimum atomic E-state index is -4.39. The number of allylic oxidation sites excluding steroid dienone is 20. The van der Waals surface area contributed by atoms with Gasteiger partial charge >= 0.3 is 19.8 Å². The molecule has 0 rings (SSSR count). The predicted molar refractivity (Wildman–Crippen MR) is 288 cm³/mol. The smallest absolute Gasteiger partial charge is 0.462 e. The van der Waals surface area contributed by atoms with Gasteiger partial charge in [-0.05, 0) is 89.9 Å². The van der Waals surface area contributed by atoms with E-state index in [0.29, 0.717) is 17.4 Å². The van der Waals surface area contributed by atoms with E-state index in [9.17, 15) is 19.0 Å². The van der Waals surface area contributed by atoms with Crippen LogP contribution in [0.4, 0.5) is 0 Å². The molecule has 0 radical (unpaired) electrons. The number of carbonyl (C=O) groups is 2. The van der Waals surface area contributed by atoms with Gasteiger partial charge in [0.1, 0.15) is 19.8 Å². The maximum atomic E-state index is 12.7. The average Bonchev–Trinajstić information content (AvgIpc) is 3.30. The fourth-order valence-corrected chi connectivity index (χ4v) is 7.19. The van der Waals surface area contributed by atoms with E-state index in [4.69, 9.17) is 18.5 Å². The molecular formula is C58H97NO8P+. The number of rotatable bonds is 46. The Morgan fingerprint density at radius 1 is 0.471 bits per heavy atom. The number of ether oxygens (including phenoxy) is 2. The lowest BCUT2D eigenvalue weighted by atomic mass is 10.1. The fourth-order valence-electron chi connectivity index (χ4n) is 6.45. The number of hydrogen-bond acceptors (Lipinski definition) is 7. The molecule has 0 aliphatic heterocycles. The zero-order valence-corrected chi connectivity index (χ0v) is 44.4.